The van der Waals surface area contributed by atoms with Gasteiger partial charge in [0.1, 0.15) is 5.00 Å². The van der Waals surface area contributed by atoms with Gasteiger partial charge in [-0.05, 0) is 41.7 Å². The Kier molecular flexibility index (Phi) is 5.58. The maximum absolute atomic E-state index is 12.5. The van der Waals surface area contributed by atoms with Crippen molar-refractivity contribution in [3.63, 3.8) is 0 Å². The van der Waals surface area contributed by atoms with Gasteiger partial charge in [-0.25, -0.2) is 9.59 Å². The number of thiophene rings is 1. The molecule has 3 aromatic rings. The lowest BCUT2D eigenvalue weighted by molar-refractivity contribution is -0.119. The monoisotopic (exact) mass is 422 g/mol. The number of aryl methyl sites for hydroxylation is 1. The van der Waals surface area contributed by atoms with Gasteiger partial charge in [-0.1, -0.05) is 24.3 Å². The Morgan fingerprint density at radius 3 is 2.70 bits per heavy atom. The molecule has 7 nitrogen and oxygen atoms in total. The van der Waals surface area contributed by atoms with Crippen molar-refractivity contribution in [2.45, 2.75) is 12.8 Å². The van der Waals surface area contributed by atoms with Gasteiger partial charge in [0.25, 0.3) is 5.91 Å². The molecule has 152 valence electrons. The highest BCUT2D eigenvalue weighted by atomic mass is 32.1. The van der Waals surface area contributed by atoms with Crippen LogP contribution in [0, 0.1) is 0 Å². The van der Waals surface area contributed by atoms with Crippen molar-refractivity contribution in [2.75, 3.05) is 19.0 Å². The molecule has 1 aliphatic rings. The molecule has 0 unspecified atom stereocenters. The summed E-state index contributed by atoms with van der Waals surface area (Å²) in [6.07, 6.45) is 4.38. The lowest BCUT2D eigenvalue weighted by Gasteiger charge is -2.16. The number of aromatic nitrogens is 1. The molecule has 8 heteroatoms. The minimum absolute atomic E-state index is 0.253. The smallest absolute Gasteiger partial charge is 0.341 e. The second-order valence-electron chi connectivity index (χ2n) is 6.63. The molecule has 2 aromatic heterocycles. The van der Waals surface area contributed by atoms with Crippen molar-refractivity contribution in [3.05, 3.63) is 71.0 Å². The van der Waals surface area contributed by atoms with E-state index in [9.17, 15) is 14.4 Å². The summed E-state index contributed by atoms with van der Waals surface area (Å²) >= 11 is 1.32. The quantitative estimate of drug-likeness (QED) is 0.633. The number of hydrogen-bond donors (Lipinski definition) is 1. The van der Waals surface area contributed by atoms with Crippen molar-refractivity contribution in [1.29, 1.82) is 0 Å². The number of methoxy groups -OCH3 is 1. The van der Waals surface area contributed by atoms with E-state index in [-0.39, 0.29) is 5.56 Å². The number of anilines is 1. The van der Waals surface area contributed by atoms with Crippen LogP contribution in [0.15, 0.2) is 48.8 Å². The van der Waals surface area contributed by atoms with Gasteiger partial charge in [0, 0.05) is 17.3 Å². The number of nitrogens with one attached hydrogen (secondary N) is 1. The van der Waals surface area contributed by atoms with Crippen LogP contribution in [0.3, 0.4) is 0 Å². The number of rotatable bonds is 5. The van der Waals surface area contributed by atoms with Crippen LogP contribution in [0.2, 0.25) is 0 Å². The molecule has 30 heavy (non-hydrogen) atoms. The number of fused-ring (bicyclic) bond motifs is 3. The molecule has 0 bridgehead atoms. The minimum atomic E-state index is -0.647. The molecule has 0 atom stereocenters. The molecule has 1 aromatic carbocycles. The Labute approximate surface area is 176 Å². The predicted octanol–water partition coefficient (Wildman–Crippen LogP) is 3.49. The number of pyridine rings is 1. The number of hydrogen-bond acceptors (Lipinski definition) is 7. The van der Waals surface area contributed by atoms with Crippen LogP contribution in [-0.4, -0.2) is 36.5 Å². The first-order chi connectivity index (χ1) is 14.6. The first-order valence-corrected chi connectivity index (χ1v) is 10.1. The maximum atomic E-state index is 12.5. The number of carbonyl (C=O) groups excluding carboxylic acids is 3. The van der Waals surface area contributed by atoms with E-state index in [2.05, 4.69) is 16.4 Å². The average Bonchev–Trinajstić information content (AvgIpc) is 3.15. The van der Waals surface area contributed by atoms with Crippen LogP contribution in [0.5, 0.6) is 0 Å². The molecule has 0 saturated heterocycles. The number of nitrogens with zero attached hydrogens (tertiary/aromatic N) is 1. The van der Waals surface area contributed by atoms with Gasteiger partial charge in [0.05, 0.1) is 18.2 Å². The molecule has 4 rings (SSSR count). The van der Waals surface area contributed by atoms with Gasteiger partial charge in [0.2, 0.25) is 0 Å². The highest BCUT2D eigenvalue weighted by Crippen LogP contribution is 2.45. The van der Waals surface area contributed by atoms with Gasteiger partial charge in [-0.15, -0.1) is 11.3 Å². The van der Waals surface area contributed by atoms with Gasteiger partial charge in [0.15, 0.2) is 6.61 Å². The van der Waals surface area contributed by atoms with Gasteiger partial charge in [-0.2, -0.15) is 0 Å². The van der Waals surface area contributed by atoms with E-state index in [1.54, 1.807) is 12.1 Å². The predicted molar refractivity (Wildman–Crippen MR) is 112 cm³/mol. The lowest BCUT2D eigenvalue weighted by atomic mass is 9.89. The summed E-state index contributed by atoms with van der Waals surface area (Å²) in [7, 11) is 1.31. The average molecular weight is 422 g/mol. The largest absolute Gasteiger partial charge is 0.465 e. The normalized spacial score (nSPS) is 11.8. The number of benzene rings is 1. The molecule has 2 heterocycles. The topological polar surface area (TPSA) is 94.6 Å². The number of esters is 2. The van der Waals surface area contributed by atoms with E-state index in [1.807, 2.05) is 18.2 Å². The zero-order valence-corrected chi connectivity index (χ0v) is 17.0. The molecule has 0 saturated carbocycles. The highest BCUT2D eigenvalue weighted by molar-refractivity contribution is 7.20. The number of ether oxygens (including phenoxy) is 2. The third-order valence-corrected chi connectivity index (χ3v) is 5.97. The number of amides is 1. The summed E-state index contributed by atoms with van der Waals surface area (Å²) in [6, 6.07) is 11.2. The summed E-state index contributed by atoms with van der Waals surface area (Å²) in [6.45, 7) is -0.479. The van der Waals surface area contributed by atoms with Gasteiger partial charge >= 0.3 is 11.9 Å². The van der Waals surface area contributed by atoms with E-state index >= 15 is 0 Å². The Morgan fingerprint density at radius 1 is 1.10 bits per heavy atom. The molecule has 0 radical (unpaired) electrons. The second-order valence-corrected chi connectivity index (χ2v) is 7.65. The Bertz CT molecular complexity index is 1120. The summed E-state index contributed by atoms with van der Waals surface area (Å²) in [5, 5.41) is 3.10. The maximum Gasteiger partial charge on any atom is 0.341 e. The molecular weight excluding hydrogens is 404 g/mol. The Morgan fingerprint density at radius 2 is 1.93 bits per heavy atom. The van der Waals surface area contributed by atoms with Crippen molar-refractivity contribution < 1.29 is 23.9 Å². The lowest BCUT2D eigenvalue weighted by Crippen LogP contribution is -2.22. The summed E-state index contributed by atoms with van der Waals surface area (Å²) < 4.78 is 10.00. The van der Waals surface area contributed by atoms with E-state index in [0.717, 1.165) is 22.4 Å². The van der Waals surface area contributed by atoms with Crippen LogP contribution in [0.1, 0.15) is 31.8 Å². The molecule has 1 aliphatic carbocycles. The van der Waals surface area contributed by atoms with Crippen LogP contribution in [-0.2, 0) is 27.1 Å². The van der Waals surface area contributed by atoms with Gasteiger partial charge < -0.3 is 14.8 Å². The van der Waals surface area contributed by atoms with E-state index in [0.29, 0.717) is 17.0 Å². The summed E-state index contributed by atoms with van der Waals surface area (Å²) in [5.41, 5.74) is 3.74. The fourth-order valence-corrected chi connectivity index (χ4v) is 4.72. The zero-order valence-electron chi connectivity index (χ0n) is 16.1. The highest BCUT2D eigenvalue weighted by Gasteiger charge is 2.29. The standard InChI is InChI=1S/C22H18N2O5S/c1-28-22(27)18-16-9-8-13-5-2-3-7-15(13)19(16)30-20(18)24-17(25)12-29-21(26)14-6-4-10-23-11-14/h2-7,10-11H,8-9,12H2,1H3,(H,24,25). The molecule has 0 spiro atoms. The minimum Gasteiger partial charge on any atom is -0.465 e. The molecule has 1 N–H and O–H groups in total. The van der Waals surface area contributed by atoms with Gasteiger partial charge in [-0.3, -0.25) is 9.78 Å². The van der Waals surface area contributed by atoms with Crippen molar-refractivity contribution in [3.8, 4) is 10.4 Å². The SMILES string of the molecule is COC(=O)c1c(NC(=O)COC(=O)c2cccnc2)sc2c1CCc1ccccc1-2. The van der Waals surface area contributed by atoms with Crippen LogP contribution in [0.4, 0.5) is 5.00 Å². The van der Waals surface area contributed by atoms with Crippen LogP contribution >= 0.6 is 11.3 Å². The molecule has 0 aliphatic heterocycles. The third-order valence-electron chi connectivity index (χ3n) is 4.79. The van der Waals surface area contributed by atoms with Crippen molar-refractivity contribution >= 4 is 34.2 Å². The zero-order chi connectivity index (χ0) is 21.1. The number of carbonyl (C=O) groups is 3. The van der Waals surface area contributed by atoms with E-state index in [1.165, 1.54) is 36.4 Å². The first-order valence-electron chi connectivity index (χ1n) is 9.27. The van der Waals surface area contributed by atoms with Crippen molar-refractivity contribution in [2.24, 2.45) is 0 Å². The summed E-state index contributed by atoms with van der Waals surface area (Å²) in [5.74, 6) is -1.69. The molecular formula is C22H18N2O5S. The molecule has 0 fully saturated rings. The fourth-order valence-electron chi connectivity index (χ4n) is 3.41. The van der Waals surface area contributed by atoms with Crippen molar-refractivity contribution in [1.82, 2.24) is 4.98 Å². The van der Waals surface area contributed by atoms with Crippen LogP contribution < -0.4 is 5.32 Å². The summed E-state index contributed by atoms with van der Waals surface area (Å²) in [4.78, 5) is 41.7. The first kappa shape index (κ1) is 19.8. The second kappa shape index (κ2) is 8.46. The van der Waals surface area contributed by atoms with Crippen LogP contribution in [0.25, 0.3) is 10.4 Å². The third kappa shape index (κ3) is 3.81. The Balaban J connectivity index is 1.55. The fraction of sp³-hybridized carbons (Fsp3) is 0.182. The molecule has 1 amide bonds. The Hall–Kier alpha value is -3.52. The van der Waals surface area contributed by atoms with E-state index in [4.69, 9.17) is 9.47 Å². The van der Waals surface area contributed by atoms with E-state index < -0.39 is 24.5 Å².